The molecule has 2 heterocycles. The molecule has 20 heavy (non-hydrogen) atoms. The molecule has 2 atom stereocenters. The Morgan fingerprint density at radius 3 is 2.70 bits per heavy atom. The lowest BCUT2D eigenvalue weighted by Crippen LogP contribution is -2.34. The van der Waals surface area contributed by atoms with Crippen LogP contribution in [-0.2, 0) is 4.74 Å². The minimum Gasteiger partial charge on any atom is -0.464 e. The van der Waals surface area contributed by atoms with Crippen LogP contribution in [0.25, 0.3) is 0 Å². The standard InChI is InChI=1S/C14H22N4O2/c1-9-7-18(8-12(9)17(2)3)13-10(15)5-6-11(16-13)14(19)20-4/h5-6,9,12H,7-8,15H2,1-4H3. The predicted octanol–water partition coefficient (Wildman–Crippen LogP) is 0.837. The van der Waals surface area contributed by atoms with E-state index in [-0.39, 0.29) is 5.69 Å². The number of ether oxygens (including phenoxy) is 1. The summed E-state index contributed by atoms with van der Waals surface area (Å²) in [4.78, 5) is 20.3. The molecule has 2 N–H and O–H groups in total. The third-order valence-electron chi connectivity index (χ3n) is 3.84. The number of hydrogen-bond acceptors (Lipinski definition) is 6. The number of nitrogen functional groups attached to an aromatic ring is 1. The number of hydrogen-bond donors (Lipinski definition) is 1. The molecule has 1 aliphatic rings. The molecule has 1 saturated heterocycles. The SMILES string of the molecule is COC(=O)c1ccc(N)c(N2CC(C)C(N(C)C)C2)n1. The molecule has 0 aromatic carbocycles. The minimum absolute atomic E-state index is 0.289. The van der Waals surface area contributed by atoms with E-state index in [0.29, 0.717) is 23.5 Å². The smallest absolute Gasteiger partial charge is 0.356 e. The highest BCUT2D eigenvalue weighted by atomic mass is 16.5. The second-order valence-electron chi connectivity index (χ2n) is 5.51. The van der Waals surface area contributed by atoms with E-state index in [4.69, 9.17) is 10.5 Å². The highest BCUT2D eigenvalue weighted by Gasteiger charge is 2.32. The Kier molecular flexibility index (Phi) is 4.13. The number of carbonyl (C=O) groups is 1. The first-order chi connectivity index (χ1) is 9.43. The van der Waals surface area contributed by atoms with Crippen molar-refractivity contribution in [1.82, 2.24) is 9.88 Å². The van der Waals surface area contributed by atoms with Gasteiger partial charge >= 0.3 is 5.97 Å². The van der Waals surface area contributed by atoms with Crippen LogP contribution >= 0.6 is 0 Å². The number of carbonyl (C=O) groups excluding carboxylic acids is 1. The summed E-state index contributed by atoms with van der Waals surface area (Å²) in [6.45, 7) is 3.95. The van der Waals surface area contributed by atoms with Crippen LogP contribution in [0.5, 0.6) is 0 Å². The fourth-order valence-corrected chi connectivity index (χ4v) is 2.73. The van der Waals surface area contributed by atoms with Crippen LogP contribution in [0, 0.1) is 5.92 Å². The van der Waals surface area contributed by atoms with Gasteiger partial charge in [0.15, 0.2) is 11.5 Å². The molecule has 1 aromatic heterocycles. The van der Waals surface area contributed by atoms with E-state index in [1.807, 2.05) is 0 Å². The van der Waals surface area contributed by atoms with Crippen molar-refractivity contribution in [3.63, 3.8) is 0 Å². The molecule has 6 nitrogen and oxygen atoms in total. The summed E-state index contributed by atoms with van der Waals surface area (Å²) in [5.74, 6) is 0.750. The quantitative estimate of drug-likeness (QED) is 0.826. The van der Waals surface area contributed by atoms with E-state index in [9.17, 15) is 4.79 Å². The molecule has 1 aromatic rings. The van der Waals surface area contributed by atoms with Gasteiger partial charge in [0.1, 0.15) is 0 Å². The lowest BCUT2D eigenvalue weighted by Gasteiger charge is -2.23. The number of methoxy groups -OCH3 is 1. The van der Waals surface area contributed by atoms with Crippen molar-refractivity contribution in [2.24, 2.45) is 5.92 Å². The molecule has 1 fully saturated rings. The average Bonchev–Trinajstić information content (AvgIpc) is 2.80. The van der Waals surface area contributed by atoms with Crippen molar-refractivity contribution in [3.8, 4) is 0 Å². The summed E-state index contributed by atoms with van der Waals surface area (Å²) in [5, 5.41) is 0. The number of nitrogens with zero attached hydrogens (tertiary/aromatic N) is 3. The van der Waals surface area contributed by atoms with E-state index < -0.39 is 5.97 Å². The number of pyridine rings is 1. The average molecular weight is 278 g/mol. The van der Waals surface area contributed by atoms with Crippen molar-refractivity contribution in [2.75, 3.05) is 44.9 Å². The van der Waals surface area contributed by atoms with E-state index >= 15 is 0 Å². The molecule has 2 rings (SSSR count). The Morgan fingerprint density at radius 1 is 1.45 bits per heavy atom. The van der Waals surface area contributed by atoms with E-state index in [1.54, 1.807) is 12.1 Å². The molecule has 110 valence electrons. The van der Waals surface area contributed by atoms with Gasteiger partial charge in [-0.15, -0.1) is 0 Å². The molecular weight excluding hydrogens is 256 g/mol. The molecule has 6 heteroatoms. The van der Waals surface area contributed by atoms with Gasteiger partial charge in [-0.1, -0.05) is 6.92 Å². The highest BCUT2D eigenvalue weighted by Crippen LogP contribution is 2.29. The molecular formula is C14H22N4O2. The van der Waals surface area contributed by atoms with Gasteiger partial charge in [0.25, 0.3) is 0 Å². The van der Waals surface area contributed by atoms with E-state index in [0.717, 1.165) is 13.1 Å². The Morgan fingerprint density at radius 2 is 2.15 bits per heavy atom. The van der Waals surface area contributed by atoms with E-state index in [2.05, 4.69) is 35.8 Å². The summed E-state index contributed by atoms with van der Waals surface area (Å²) in [7, 11) is 5.50. The maximum atomic E-state index is 11.6. The summed E-state index contributed by atoms with van der Waals surface area (Å²) in [6, 6.07) is 3.76. The topological polar surface area (TPSA) is 71.7 Å². The summed E-state index contributed by atoms with van der Waals surface area (Å²) >= 11 is 0. The van der Waals surface area contributed by atoms with Crippen LogP contribution in [0.4, 0.5) is 11.5 Å². The number of anilines is 2. The van der Waals surface area contributed by atoms with Gasteiger partial charge in [0, 0.05) is 19.1 Å². The number of rotatable bonds is 3. The van der Waals surface area contributed by atoms with Crippen LogP contribution in [0.15, 0.2) is 12.1 Å². The first kappa shape index (κ1) is 14.6. The van der Waals surface area contributed by atoms with Crippen LogP contribution in [0.1, 0.15) is 17.4 Å². The normalized spacial score (nSPS) is 22.4. The Bertz CT molecular complexity index is 504. The molecule has 0 bridgehead atoms. The van der Waals surface area contributed by atoms with E-state index in [1.165, 1.54) is 7.11 Å². The predicted molar refractivity (Wildman–Crippen MR) is 78.8 cm³/mol. The molecule has 0 spiro atoms. The first-order valence-corrected chi connectivity index (χ1v) is 6.70. The lowest BCUT2D eigenvalue weighted by molar-refractivity contribution is 0.0594. The van der Waals surface area contributed by atoms with Gasteiger partial charge < -0.3 is 20.3 Å². The van der Waals surface area contributed by atoms with Crippen molar-refractivity contribution in [3.05, 3.63) is 17.8 Å². The summed E-state index contributed by atoms with van der Waals surface area (Å²) in [5.41, 5.74) is 6.88. The van der Waals surface area contributed by atoms with Crippen molar-refractivity contribution in [2.45, 2.75) is 13.0 Å². The number of esters is 1. The molecule has 0 radical (unpaired) electrons. The lowest BCUT2D eigenvalue weighted by atomic mass is 10.1. The fourth-order valence-electron chi connectivity index (χ4n) is 2.73. The van der Waals surface area contributed by atoms with Crippen molar-refractivity contribution >= 4 is 17.5 Å². The van der Waals surface area contributed by atoms with Gasteiger partial charge in [-0.05, 0) is 32.1 Å². The number of likely N-dealkylation sites (N-methyl/N-ethyl adjacent to an activating group) is 1. The zero-order valence-corrected chi connectivity index (χ0v) is 12.5. The Hall–Kier alpha value is -1.82. The summed E-state index contributed by atoms with van der Waals surface area (Å²) < 4.78 is 4.71. The highest BCUT2D eigenvalue weighted by molar-refractivity contribution is 5.88. The Labute approximate surface area is 119 Å². The molecule has 2 unspecified atom stereocenters. The third kappa shape index (κ3) is 2.70. The Balaban J connectivity index is 2.27. The van der Waals surface area contributed by atoms with Gasteiger partial charge in [-0.2, -0.15) is 0 Å². The minimum atomic E-state index is -0.442. The van der Waals surface area contributed by atoms with Crippen LogP contribution in [-0.4, -0.2) is 56.2 Å². The molecule has 0 saturated carbocycles. The second kappa shape index (κ2) is 5.66. The van der Waals surface area contributed by atoms with Crippen LogP contribution < -0.4 is 10.6 Å². The zero-order chi connectivity index (χ0) is 14.9. The maximum Gasteiger partial charge on any atom is 0.356 e. The molecule has 0 aliphatic carbocycles. The van der Waals surface area contributed by atoms with Crippen LogP contribution in [0.2, 0.25) is 0 Å². The monoisotopic (exact) mass is 278 g/mol. The van der Waals surface area contributed by atoms with Crippen molar-refractivity contribution in [1.29, 1.82) is 0 Å². The van der Waals surface area contributed by atoms with Crippen molar-refractivity contribution < 1.29 is 9.53 Å². The largest absolute Gasteiger partial charge is 0.464 e. The molecule has 0 amide bonds. The van der Waals surface area contributed by atoms with Crippen LogP contribution in [0.3, 0.4) is 0 Å². The van der Waals surface area contributed by atoms with Gasteiger partial charge in [-0.25, -0.2) is 9.78 Å². The maximum absolute atomic E-state index is 11.6. The number of nitrogens with two attached hydrogens (primary N) is 1. The third-order valence-corrected chi connectivity index (χ3v) is 3.84. The zero-order valence-electron chi connectivity index (χ0n) is 12.5. The molecule has 1 aliphatic heterocycles. The second-order valence-corrected chi connectivity index (χ2v) is 5.51. The number of aromatic nitrogens is 1. The van der Waals surface area contributed by atoms with Gasteiger partial charge in [0.2, 0.25) is 0 Å². The first-order valence-electron chi connectivity index (χ1n) is 6.70. The van der Waals surface area contributed by atoms with Gasteiger partial charge in [-0.3, -0.25) is 0 Å². The fraction of sp³-hybridized carbons (Fsp3) is 0.571. The van der Waals surface area contributed by atoms with Gasteiger partial charge in [0.05, 0.1) is 12.8 Å². The summed E-state index contributed by atoms with van der Waals surface area (Å²) in [6.07, 6.45) is 0.